The largest absolute Gasteiger partial charge is 0.457 e. The molecule has 0 saturated heterocycles. The van der Waals surface area contributed by atoms with Gasteiger partial charge < -0.3 is 10.6 Å². The van der Waals surface area contributed by atoms with E-state index in [9.17, 15) is 53.5 Å². The molecule has 0 heterocycles. The van der Waals surface area contributed by atoms with Gasteiger partial charge in [0.1, 0.15) is 5.82 Å². The second-order valence-corrected chi connectivity index (χ2v) is 10.4. The second-order valence-electron chi connectivity index (χ2n) is 8.13. The summed E-state index contributed by atoms with van der Waals surface area (Å²) in [6.45, 7) is 0. The van der Waals surface area contributed by atoms with Crippen molar-refractivity contribution >= 4 is 68.4 Å². The van der Waals surface area contributed by atoms with E-state index in [2.05, 4.69) is 10.6 Å². The minimum atomic E-state index is -6.92. The van der Waals surface area contributed by atoms with Crippen LogP contribution in [0.3, 0.4) is 0 Å². The van der Waals surface area contributed by atoms with Crippen molar-refractivity contribution in [1.29, 1.82) is 0 Å². The molecule has 2 amide bonds. The van der Waals surface area contributed by atoms with Crippen molar-refractivity contribution in [2.45, 2.75) is 23.9 Å². The van der Waals surface area contributed by atoms with Gasteiger partial charge in [0, 0.05) is 18.3 Å². The van der Waals surface area contributed by atoms with Crippen LogP contribution in [0.2, 0.25) is 0 Å². The first kappa shape index (κ1) is 32.8. The number of amides is 2. The molecule has 2 N–H and O–H groups in total. The van der Waals surface area contributed by atoms with Gasteiger partial charge in [-0.2, -0.15) is 35.1 Å². The molecule has 0 spiro atoms. The summed E-state index contributed by atoms with van der Waals surface area (Å²) >= 11 is 2.33. The number of carbonyl (C=O) groups excluding carboxylic acids is 2. The van der Waals surface area contributed by atoms with Crippen LogP contribution >= 0.6 is 45.2 Å². The van der Waals surface area contributed by atoms with Gasteiger partial charge in [-0.15, -0.1) is 0 Å². The molecule has 0 radical (unpaired) electrons. The van der Waals surface area contributed by atoms with Crippen LogP contribution in [0.4, 0.5) is 59.7 Å². The van der Waals surface area contributed by atoms with Gasteiger partial charge in [0.25, 0.3) is 11.8 Å². The quantitative estimate of drug-likeness (QED) is 0.194. The maximum atomic E-state index is 15.1. The molecule has 17 heteroatoms. The Labute approximate surface area is 250 Å². The van der Waals surface area contributed by atoms with Crippen LogP contribution < -0.4 is 10.6 Å². The van der Waals surface area contributed by atoms with Crippen molar-refractivity contribution in [1.82, 2.24) is 0 Å². The van der Waals surface area contributed by atoms with Crippen molar-refractivity contribution in [2.24, 2.45) is 0 Å². The Balaban J connectivity index is 1.96. The summed E-state index contributed by atoms with van der Waals surface area (Å²) in [4.78, 5) is 25.1. The van der Waals surface area contributed by atoms with Crippen LogP contribution in [0.25, 0.3) is 0 Å². The Morgan fingerprint density at radius 2 is 1.22 bits per heavy atom. The molecule has 0 fully saturated rings. The summed E-state index contributed by atoms with van der Waals surface area (Å²) in [5.41, 5.74) is -10.0. The molecule has 1 unspecified atom stereocenters. The van der Waals surface area contributed by atoms with Crippen molar-refractivity contribution in [3.8, 4) is 0 Å². The monoisotopic (exact) mass is 822 g/mol. The zero-order valence-electron chi connectivity index (χ0n) is 19.4. The van der Waals surface area contributed by atoms with Crippen molar-refractivity contribution in [3.63, 3.8) is 0 Å². The average Bonchev–Trinajstić information content (AvgIpc) is 2.85. The highest BCUT2D eigenvalue weighted by molar-refractivity contribution is 14.1. The van der Waals surface area contributed by atoms with Crippen LogP contribution in [0.15, 0.2) is 54.6 Å². The molecule has 4 nitrogen and oxygen atoms in total. The maximum absolute atomic E-state index is 15.1. The molecule has 3 rings (SSSR count). The Hall–Kier alpha value is -2.71. The summed E-state index contributed by atoms with van der Waals surface area (Å²) in [7, 11) is 0. The number of anilines is 2. The van der Waals surface area contributed by atoms with Crippen LogP contribution in [0.1, 0.15) is 26.3 Å². The Morgan fingerprint density at radius 1 is 0.683 bits per heavy atom. The lowest BCUT2D eigenvalue weighted by molar-refractivity contribution is -0.389. The molecule has 0 aromatic heterocycles. The molecule has 0 saturated carbocycles. The number of halogens is 13. The normalized spacial score (nSPS) is 13.9. The lowest BCUT2D eigenvalue weighted by atomic mass is 9.87. The third-order valence-electron chi connectivity index (χ3n) is 5.46. The molecule has 1 atom stereocenters. The van der Waals surface area contributed by atoms with E-state index >= 15 is 4.39 Å². The summed E-state index contributed by atoms with van der Waals surface area (Å²) in [6.07, 6.45) is -13.6. The van der Waals surface area contributed by atoms with E-state index in [1.54, 1.807) is 0 Å². The minimum Gasteiger partial charge on any atom is -0.320 e. The fourth-order valence-corrected chi connectivity index (χ4v) is 5.43. The zero-order chi connectivity index (χ0) is 31.1. The van der Waals surface area contributed by atoms with E-state index in [4.69, 9.17) is 0 Å². The number of benzene rings is 3. The Kier molecular flexibility index (Phi) is 9.22. The van der Waals surface area contributed by atoms with Crippen molar-refractivity contribution in [3.05, 3.63) is 90.1 Å². The van der Waals surface area contributed by atoms with Gasteiger partial charge in [0.15, 0.2) is 5.82 Å². The number of nitrogens with one attached hydrogen (secondary N) is 2. The van der Waals surface area contributed by atoms with Crippen LogP contribution in [0.5, 0.6) is 0 Å². The molecule has 0 bridgehead atoms. The van der Waals surface area contributed by atoms with Gasteiger partial charge in [-0.1, -0.05) is 6.07 Å². The van der Waals surface area contributed by atoms with E-state index in [0.29, 0.717) is 0 Å². The Bertz CT molecular complexity index is 1470. The number of alkyl halides is 9. The van der Waals surface area contributed by atoms with Crippen LogP contribution in [-0.2, 0) is 5.67 Å². The van der Waals surface area contributed by atoms with Gasteiger partial charge in [-0.3, -0.25) is 9.59 Å². The predicted octanol–water partition coefficient (Wildman–Crippen LogP) is 8.60. The molecule has 0 aliphatic rings. The summed E-state index contributed by atoms with van der Waals surface area (Å²) < 4.78 is 148. The lowest BCUT2D eigenvalue weighted by Gasteiger charge is -2.36. The highest BCUT2D eigenvalue weighted by Gasteiger charge is 2.81. The first-order chi connectivity index (χ1) is 18.7. The summed E-state index contributed by atoms with van der Waals surface area (Å²) in [5.74, 6) is -11.0. The molecular formula is C24H11F11I2N2O2. The zero-order valence-corrected chi connectivity index (χ0v) is 23.7. The van der Waals surface area contributed by atoms with E-state index < -0.39 is 77.0 Å². The SMILES string of the molecule is O=C(Nc1cccc(C(=O)Nc2c(I)cc(C(F)(C(F)(F)F)C(F)(F)C(F)(F)F)cc2I)c1F)c1ccc(F)cc1. The van der Waals surface area contributed by atoms with Gasteiger partial charge in [-0.25, -0.2) is 13.2 Å². The fraction of sp³-hybridized carbons (Fsp3) is 0.167. The maximum Gasteiger partial charge on any atom is 0.457 e. The molecule has 41 heavy (non-hydrogen) atoms. The molecule has 3 aromatic rings. The average molecular weight is 822 g/mol. The minimum absolute atomic E-state index is 0.0428. The van der Waals surface area contributed by atoms with E-state index in [1.165, 1.54) is 0 Å². The number of rotatable bonds is 6. The molecule has 3 aromatic carbocycles. The first-order valence-electron chi connectivity index (χ1n) is 10.6. The number of hydrogen-bond donors (Lipinski definition) is 2. The van der Waals surface area contributed by atoms with Gasteiger partial charge in [-0.05, 0) is 93.7 Å². The van der Waals surface area contributed by atoms with Gasteiger partial charge in [0.2, 0.25) is 0 Å². The van der Waals surface area contributed by atoms with Gasteiger partial charge in [0.05, 0.1) is 16.9 Å². The van der Waals surface area contributed by atoms with E-state index in [1.807, 2.05) is 0 Å². The summed E-state index contributed by atoms with van der Waals surface area (Å²) in [5, 5.41) is 4.24. The first-order valence-corrected chi connectivity index (χ1v) is 12.7. The topological polar surface area (TPSA) is 58.2 Å². The van der Waals surface area contributed by atoms with Crippen molar-refractivity contribution < 1.29 is 57.9 Å². The fourth-order valence-electron chi connectivity index (χ4n) is 3.39. The highest BCUT2D eigenvalue weighted by atomic mass is 127. The smallest absolute Gasteiger partial charge is 0.320 e. The molecule has 220 valence electrons. The van der Waals surface area contributed by atoms with Crippen LogP contribution in [-0.4, -0.2) is 30.1 Å². The molecule has 0 aliphatic heterocycles. The molecule has 0 aliphatic carbocycles. The Morgan fingerprint density at radius 3 is 1.71 bits per heavy atom. The lowest BCUT2D eigenvalue weighted by Crippen LogP contribution is -2.59. The number of carbonyl (C=O) groups is 2. The van der Waals surface area contributed by atoms with Crippen molar-refractivity contribution in [2.75, 3.05) is 10.6 Å². The second kappa shape index (κ2) is 11.5. The number of hydrogen-bond acceptors (Lipinski definition) is 2. The summed E-state index contributed by atoms with van der Waals surface area (Å²) in [6, 6.07) is 7.36. The van der Waals surface area contributed by atoms with Crippen LogP contribution in [0, 0.1) is 18.8 Å². The van der Waals surface area contributed by atoms with E-state index in [-0.39, 0.29) is 17.7 Å². The predicted molar refractivity (Wildman–Crippen MR) is 140 cm³/mol. The van der Waals surface area contributed by atoms with E-state index in [0.717, 1.165) is 87.6 Å². The van der Waals surface area contributed by atoms with Gasteiger partial charge >= 0.3 is 23.9 Å². The highest BCUT2D eigenvalue weighted by Crippen LogP contribution is 2.58. The third-order valence-corrected chi connectivity index (χ3v) is 7.16. The molecular weight excluding hydrogens is 811 g/mol. The third kappa shape index (κ3) is 6.24. The standard InChI is InChI=1S/C24H11F11I2N2O2/c25-12-6-4-10(5-7-12)19(40)38-16-3-1-2-13(17(16)26)20(41)39-18-14(36)8-11(9-15(18)37)21(27,23(30,31)32)22(28,29)24(33,34)35/h1-9H,(H,38,40)(H,39,41).